The lowest BCUT2D eigenvalue weighted by atomic mass is 9.79. The molecule has 0 aliphatic carbocycles. The molecule has 0 atom stereocenters. The number of benzene rings is 6. The van der Waals surface area contributed by atoms with Gasteiger partial charge in [-0.25, -0.2) is 0 Å². The van der Waals surface area contributed by atoms with Crippen LogP contribution in [0.3, 0.4) is 0 Å². The maximum atomic E-state index is 6.90. The van der Waals surface area contributed by atoms with Gasteiger partial charge in [-0.2, -0.15) is 16.4 Å². The van der Waals surface area contributed by atoms with Crippen molar-refractivity contribution in [3.05, 3.63) is 206 Å². The van der Waals surface area contributed by atoms with Gasteiger partial charge in [-0.1, -0.05) is 182 Å². The van der Waals surface area contributed by atoms with Crippen molar-refractivity contribution in [1.82, 2.24) is 16.4 Å². The zero-order valence-corrected chi connectivity index (χ0v) is 44.2. The summed E-state index contributed by atoms with van der Waals surface area (Å²) >= 11 is 41.4. The van der Waals surface area contributed by atoms with E-state index in [1.807, 2.05) is 114 Å². The summed E-state index contributed by atoms with van der Waals surface area (Å²) in [5.41, 5.74) is 18.3. The Morgan fingerprint density at radius 3 is 0.672 bits per heavy atom. The highest BCUT2D eigenvalue weighted by molar-refractivity contribution is 6.36. The van der Waals surface area contributed by atoms with Gasteiger partial charge in [0.05, 0.1) is 16.6 Å². The highest BCUT2D eigenvalue weighted by Gasteiger charge is 2.43. The molecule has 6 nitrogen and oxygen atoms in total. The highest BCUT2D eigenvalue weighted by atomic mass is 35.5. The predicted molar refractivity (Wildman–Crippen MR) is 283 cm³/mol. The van der Waals surface area contributed by atoms with Crippen molar-refractivity contribution < 1.29 is 14.3 Å². The van der Waals surface area contributed by atoms with Gasteiger partial charge in [0, 0.05) is 30.1 Å². The Hall–Kier alpha value is -3.12. The van der Waals surface area contributed by atoms with E-state index in [-0.39, 0.29) is 0 Å². The Morgan fingerprint density at radius 2 is 0.522 bits per heavy atom. The Kier molecular flexibility index (Phi) is 18.4. The Balaban J connectivity index is 1.54. The Morgan fingerprint density at radius 1 is 0.343 bits per heavy atom. The van der Waals surface area contributed by atoms with Gasteiger partial charge in [-0.3, -0.25) is 14.3 Å². The van der Waals surface area contributed by atoms with Gasteiger partial charge >= 0.3 is 7.32 Å². The molecule has 6 rings (SSSR count). The summed E-state index contributed by atoms with van der Waals surface area (Å²) in [6, 6.07) is 36.1. The number of rotatable bonds is 21. The molecule has 0 heterocycles. The van der Waals surface area contributed by atoms with E-state index in [9.17, 15) is 0 Å². The molecule has 0 spiro atoms. The lowest BCUT2D eigenvalue weighted by Crippen LogP contribution is -2.55. The maximum absolute atomic E-state index is 6.90. The molecule has 0 aliphatic rings. The molecule has 0 unspecified atom stereocenters. The average Bonchev–Trinajstić information content (AvgIpc) is 3.30. The first-order valence-corrected chi connectivity index (χ1v) is 25.1. The van der Waals surface area contributed by atoms with Crippen molar-refractivity contribution in [1.29, 1.82) is 0 Å². The standard InChI is InChI=1S/C54H60BCl6N3O3/c1-10-25-52(40-19-13-34(4)46(56)28-40,41-20-14-35(5)47(57)29-41)62-65-55(66-63-53(26-11-2,42-21-15-36(6)48(58)30-42)43-22-16-37(7)49(59)31-43)67-64-54(27-12-3,44-23-17-38(8)50(60)32-44)45-24-18-39(9)51(61)33-45/h13-24,28-33,62-64H,10-12,25-27H2,1-9H3. The largest absolute Gasteiger partial charge is 0.692 e. The van der Waals surface area contributed by atoms with Gasteiger partial charge in [0.15, 0.2) is 0 Å². The molecule has 67 heavy (non-hydrogen) atoms. The quantitative estimate of drug-likeness (QED) is 0.0493. The van der Waals surface area contributed by atoms with E-state index in [0.29, 0.717) is 49.4 Å². The minimum Gasteiger partial charge on any atom is -0.297 e. The van der Waals surface area contributed by atoms with Crippen molar-refractivity contribution in [3.63, 3.8) is 0 Å². The molecule has 6 aromatic rings. The monoisotopic (exact) mass is 1020 g/mol. The predicted octanol–water partition coefficient (Wildman–Crippen LogP) is 16.5. The van der Waals surface area contributed by atoms with E-state index in [4.69, 9.17) is 83.9 Å². The molecule has 0 bridgehead atoms. The molecule has 0 saturated heterocycles. The van der Waals surface area contributed by atoms with E-state index in [0.717, 1.165) is 86.0 Å². The van der Waals surface area contributed by atoms with Crippen molar-refractivity contribution in [3.8, 4) is 0 Å². The number of hydrogen-bond donors (Lipinski definition) is 3. The van der Waals surface area contributed by atoms with Crippen LogP contribution in [0.5, 0.6) is 0 Å². The maximum Gasteiger partial charge on any atom is 0.692 e. The second-order valence-electron chi connectivity index (χ2n) is 17.7. The third-order valence-corrected chi connectivity index (χ3v) is 15.3. The highest BCUT2D eigenvalue weighted by Crippen LogP contribution is 2.42. The van der Waals surface area contributed by atoms with Crippen molar-refractivity contribution in [2.75, 3.05) is 0 Å². The molecule has 0 aromatic heterocycles. The SMILES string of the molecule is CCCC(NOB(ONC(CCC)(c1ccc(C)c(Cl)c1)c1ccc(C)c(Cl)c1)ONC(CCC)(c1ccc(C)c(Cl)c1)c1ccc(C)c(Cl)c1)(c1ccc(C)c(Cl)c1)c1ccc(C)c(Cl)c1. The first kappa shape index (κ1) is 53.2. The number of hydroxylamine groups is 3. The van der Waals surface area contributed by atoms with Crippen LogP contribution >= 0.6 is 69.6 Å². The summed E-state index contributed by atoms with van der Waals surface area (Å²) in [4.78, 5) is 0. The van der Waals surface area contributed by atoms with Crippen molar-refractivity contribution in [2.45, 2.75) is 117 Å². The van der Waals surface area contributed by atoms with Crippen LogP contribution in [0.25, 0.3) is 0 Å². The Bertz CT molecular complexity index is 2240. The number of hydrogen-bond acceptors (Lipinski definition) is 6. The van der Waals surface area contributed by atoms with Crippen LogP contribution in [0.15, 0.2) is 109 Å². The molecule has 0 amide bonds. The summed E-state index contributed by atoms with van der Waals surface area (Å²) < 4.78 is 20.6. The fraction of sp³-hybridized carbons (Fsp3) is 0.333. The fourth-order valence-corrected chi connectivity index (χ4v) is 9.75. The molecule has 354 valence electrons. The molecule has 0 radical (unpaired) electrons. The number of nitrogens with one attached hydrogen (secondary N) is 3. The van der Waals surface area contributed by atoms with Gasteiger partial charge in [-0.05, 0) is 164 Å². The number of halogens is 6. The van der Waals surface area contributed by atoms with Crippen molar-refractivity contribution in [2.24, 2.45) is 0 Å². The van der Waals surface area contributed by atoms with Crippen LogP contribution in [0.2, 0.25) is 30.1 Å². The third kappa shape index (κ3) is 11.7. The second kappa shape index (κ2) is 23.2. The molecule has 0 saturated carbocycles. The van der Waals surface area contributed by atoms with E-state index < -0.39 is 23.9 Å². The van der Waals surface area contributed by atoms with Crippen LogP contribution in [-0.4, -0.2) is 7.32 Å². The van der Waals surface area contributed by atoms with Crippen LogP contribution in [0.1, 0.15) is 126 Å². The fourth-order valence-electron chi connectivity index (χ4n) is 8.67. The molecular formula is C54H60BCl6N3O3. The van der Waals surface area contributed by atoms with Crippen LogP contribution in [-0.2, 0) is 30.9 Å². The van der Waals surface area contributed by atoms with Crippen molar-refractivity contribution >= 4 is 76.9 Å². The zero-order chi connectivity index (χ0) is 48.7. The van der Waals surface area contributed by atoms with Gasteiger partial charge in [0.1, 0.15) is 0 Å². The van der Waals surface area contributed by atoms with E-state index in [1.165, 1.54) is 0 Å². The lowest BCUT2D eigenvalue weighted by Gasteiger charge is -2.40. The average molecular weight is 1020 g/mol. The van der Waals surface area contributed by atoms with Crippen LogP contribution in [0, 0.1) is 41.5 Å². The van der Waals surface area contributed by atoms with E-state index in [2.05, 4.69) is 73.6 Å². The third-order valence-electron chi connectivity index (χ3n) is 12.9. The zero-order valence-electron chi connectivity index (χ0n) is 39.7. The molecular weight excluding hydrogens is 962 g/mol. The summed E-state index contributed by atoms with van der Waals surface area (Å²) in [6.45, 7) is 18.2. The van der Waals surface area contributed by atoms with Crippen LogP contribution < -0.4 is 16.4 Å². The topological polar surface area (TPSA) is 63.8 Å². The molecule has 0 aliphatic heterocycles. The smallest absolute Gasteiger partial charge is 0.297 e. The molecule has 6 aromatic carbocycles. The van der Waals surface area contributed by atoms with E-state index in [1.54, 1.807) is 0 Å². The van der Waals surface area contributed by atoms with Gasteiger partial charge in [0.2, 0.25) is 0 Å². The minimum atomic E-state index is -1.51. The lowest BCUT2D eigenvalue weighted by molar-refractivity contribution is -0.0618. The first-order chi connectivity index (χ1) is 31.9. The van der Waals surface area contributed by atoms with Gasteiger partial charge in [0.25, 0.3) is 0 Å². The van der Waals surface area contributed by atoms with Gasteiger partial charge in [-0.15, -0.1) is 0 Å². The molecule has 3 N–H and O–H groups in total. The first-order valence-electron chi connectivity index (χ1n) is 22.8. The summed E-state index contributed by atoms with van der Waals surface area (Å²) in [6.07, 6.45) is 3.98. The number of aryl methyl sites for hydroxylation is 6. The normalized spacial score (nSPS) is 12.2. The summed E-state index contributed by atoms with van der Waals surface area (Å²) in [5.74, 6) is 0. The molecule has 0 fully saturated rings. The Labute approximate surface area is 428 Å². The minimum absolute atomic E-state index is 0.576. The van der Waals surface area contributed by atoms with Crippen LogP contribution in [0.4, 0.5) is 0 Å². The second-order valence-corrected chi connectivity index (χ2v) is 20.1. The summed E-state index contributed by atoms with van der Waals surface area (Å²) in [5, 5.41) is 3.67. The molecule has 13 heteroatoms. The van der Waals surface area contributed by atoms with Gasteiger partial charge < -0.3 is 0 Å². The van der Waals surface area contributed by atoms with E-state index >= 15 is 0 Å². The summed E-state index contributed by atoms with van der Waals surface area (Å²) in [7, 11) is -1.51.